The van der Waals surface area contributed by atoms with E-state index in [2.05, 4.69) is 20.8 Å². The second kappa shape index (κ2) is 5.71. The van der Waals surface area contributed by atoms with Crippen LogP contribution in [0.4, 0.5) is 4.39 Å². The van der Waals surface area contributed by atoms with Crippen LogP contribution in [0.2, 0.25) is 0 Å². The van der Waals surface area contributed by atoms with Gasteiger partial charge in [-0.15, -0.1) is 0 Å². The van der Waals surface area contributed by atoms with Crippen LogP contribution in [0.15, 0.2) is 22.7 Å². The third-order valence-electron chi connectivity index (χ3n) is 3.87. The third-order valence-corrected chi connectivity index (χ3v) is 4.32. The minimum absolute atomic E-state index is 0.145. The van der Waals surface area contributed by atoms with Crippen molar-refractivity contribution >= 4 is 21.7 Å². The topological polar surface area (TPSA) is 20.3 Å². The SMILES string of the molecule is CC(C)(C(=O)Cc1cc(F)cc(Br)c1)N1CCCC1. The summed E-state index contributed by atoms with van der Waals surface area (Å²) in [5.41, 5.74) is 0.263. The first-order valence-electron chi connectivity index (χ1n) is 6.63. The van der Waals surface area contributed by atoms with Gasteiger partial charge in [-0.3, -0.25) is 9.69 Å². The van der Waals surface area contributed by atoms with Gasteiger partial charge in [0.05, 0.1) is 5.54 Å². The van der Waals surface area contributed by atoms with E-state index in [9.17, 15) is 9.18 Å². The lowest BCUT2D eigenvalue weighted by Gasteiger charge is -2.34. The summed E-state index contributed by atoms with van der Waals surface area (Å²) >= 11 is 3.26. The molecule has 0 radical (unpaired) electrons. The maximum Gasteiger partial charge on any atom is 0.156 e. The summed E-state index contributed by atoms with van der Waals surface area (Å²) in [7, 11) is 0. The fourth-order valence-electron chi connectivity index (χ4n) is 2.57. The van der Waals surface area contributed by atoms with Gasteiger partial charge in [0.25, 0.3) is 0 Å². The molecule has 0 spiro atoms. The van der Waals surface area contributed by atoms with E-state index in [1.54, 1.807) is 6.07 Å². The van der Waals surface area contributed by atoms with Crippen molar-refractivity contribution < 1.29 is 9.18 Å². The van der Waals surface area contributed by atoms with Crippen LogP contribution < -0.4 is 0 Å². The number of rotatable bonds is 4. The van der Waals surface area contributed by atoms with Gasteiger partial charge >= 0.3 is 0 Å². The molecular weight excluding hydrogens is 309 g/mol. The van der Waals surface area contributed by atoms with Crippen molar-refractivity contribution in [3.05, 3.63) is 34.1 Å². The summed E-state index contributed by atoms with van der Waals surface area (Å²) < 4.78 is 14.0. The average molecular weight is 328 g/mol. The van der Waals surface area contributed by atoms with Crippen LogP contribution in [0.3, 0.4) is 0 Å². The van der Waals surface area contributed by atoms with Gasteiger partial charge in [0.2, 0.25) is 0 Å². The normalized spacial score (nSPS) is 16.8. The number of ketones is 1. The quantitative estimate of drug-likeness (QED) is 0.842. The smallest absolute Gasteiger partial charge is 0.156 e. The van der Waals surface area contributed by atoms with E-state index in [1.807, 2.05) is 13.8 Å². The van der Waals surface area contributed by atoms with Crippen LogP contribution in [0.1, 0.15) is 32.3 Å². The van der Waals surface area contributed by atoms with Crippen molar-refractivity contribution in [2.45, 2.75) is 38.6 Å². The molecule has 0 aliphatic carbocycles. The van der Waals surface area contributed by atoms with E-state index in [1.165, 1.54) is 12.1 Å². The zero-order valence-corrected chi connectivity index (χ0v) is 13.0. The summed E-state index contributed by atoms with van der Waals surface area (Å²) in [6.45, 7) is 5.89. The number of nitrogens with zero attached hydrogens (tertiary/aromatic N) is 1. The van der Waals surface area contributed by atoms with Crippen molar-refractivity contribution in [2.24, 2.45) is 0 Å². The molecule has 1 heterocycles. The van der Waals surface area contributed by atoms with E-state index in [-0.39, 0.29) is 18.0 Å². The second-order valence-corrected chi connectivity index (χ2v) is 6.55. The lowest BCUT2D eigenvalue weighted by atomic mass is 9.92. The number of likely N-dealkylation sites (tertiary alicyclic amines) is 1. The Hall–Kier alpha value is -0.740. The largest absolute Gasteiger partial charge is 0.297 e. The number of carbonyl (C=O) groups is 1. The Labute approximate surface area is 122 Å². The molecule has 1 aliphatic heterocycles. The Morgan fingerprint density at radius 2 is 1.95 bits per heavy atom. The predicted octanol–water partition coefficient (Wildman–Crippen LogP) is 3.57. The second-order valence-electron chi connectivity index (χ2n) is 5.63. The first-order valence-corrected chi connectivity index (χ1v) is 7.42. The molecule has 19 heavy (non-hydrogen) atoms. The lowest BCUT2D eigenvalue weighted by Crippen LogP contribution is -2.49. The molecule has 1 saturated heterocycles. The molecule has 2 rings (SSSR count). The van der Waals surface area contributed by atoms with Gasteiger partial charge in [-0.05, 0) is 63.5 Å². The Morgan fingerprint density at radius 3 is 2.53 bits per heavy atom. The molecule has 0 amide bonds. The summed E-state index contributed by atoms with van der Waals surface area (Å²) in [6, 6.07) is 4.64. The van der Waals surface area contributed by atoms with Crippen LogP contribution in [0.5, 0.6) is 0 Å². The Bertz CT molecular complexity index is 461. The highest BCUT2D eigenvalue weighted by Crippen LogP contribution is 2.24. The number of hydrogen-bond donors (Lipinski definition) is 0. The van der Waals surface area contributed by atoms with Crippen molar-refractivity contribution in [3.63, 3.8) is 0 Å². The van der Waals surface area contributed by atoms with Crippen molar-refractivity contribution in [1.29, 1.82) is 0 Å². The zero-order valence-electron chi connectivity index (χ0n) is 11.4. The van der Waals surface area contributed by atoms with Gasteiger partial charge in [-0.25, -0.2) is 4.39 Å². The molecule has 1 fully saturated rings. The van der Waals surface area contributed by atoms with Gasteiger partial charge in [0, 0.05) is 10.9 Å². The van der Waals surface area contributed by atoms with E-state index in [4.69, 9.17) is 0 Å². The minimum atomic E-state index is -0.463. The molecule has 0 unspecified atom stereocenters. The standard InChI is InChI=1S/C15H19BrFNO/c1-15(2,18-5-3-4-6-18)14(19)9-11-7-12(16)10-13(17)8-11/h7-8,10H,3-6,9H2,1-2H3. The fourth-order valence-corrected chi connectivity index (χ4v) is 3.08. The van der Waals surface area contributed by atoms with Crippen LogP contribution >= 0.6 is 15.9 Å². The molecule has 2 nitrogen and oxygen atoms in total. The average Bonchev–Trinajstić information content (AvgIpc) is 2.80. The van der Waals surface area contributed by atoms with E-state index >= 15 is 0 Å². The molecule has 0 bridgehead atoms. The highest BCUT2D eigenvalue weighted by atomic mass is 79.9. The Balaban J connectivity index is 2.11. The maximum atomic E-state index is 13.3. The first-order chi connectivity index (χ1) is 8.89. The lowest BCUT2D eigenvalue weighted by molar-refractivity contribution is -0.128. The Kier molecular flexibility index (Phi) is 4.41. The predicted molar refractivity (Wildman–Crippen MR) is 77.7 cm³/mol. The number of carbonyl (C=O) groups excluding carboxylic acids is 1. The summed E-state index contributed by atoms with van der Waals surface area (Å²) in [5.74, 6) is -0.164. The van der Waals surface area contributed by atoms with Gasteiger partial charge < -0.3 is 0 Å². The summed E-state index contributed by atoms with van der Waals surface area (Å²) in [4.78, 5) is 14.7. The molecule has 0 saturated carbocycles. The third kappa shape index (κ3) is 3.42. The van der Waals surface area contributed by atoms with Gasteiger partial charge in [0.15, 0.2) is 5.78 Å². The Morgan fingerprint density at radius 1 is 1.32 bits per heavy atom. The van der Waals surface area contributed by atoms with Crippen molar-refractivity contribution in [3.8, 4) is 0 Å². The van der Waals surface area contributed by atoms with Gasteiger partial charge in [-0.2, -0.15) is 0 Å². The van der Waals surface area contributed by atoms with Crippen LogP contribution in [0, 0.1) is 5.82 Å². The monoisotopic (exact) mass is 327 g/mol. The van der Waals surface area contributed by atoms with Crippen LogP contribution in [-0.4, -0.2) is 29.3 Å². The number of halogens is 2. The zero-order chi connectivity index (χ0) is 14.0. The molecule has 1 aliphatic rings. The maximum absolute atomic E-state index is 13.3. The molecule has 104 valence electrons. The van der Waals surface area contributed by atoms with E-state index in [0.717, 1.165) is 31.5 Å². The summed E-state index contributed by atoms with van der Waals surface area (Å²) in [6.07, 6.45) is 2.59. The highest BCUT2D eigenvalue weighted by Gasteiger charge is 2.35. The van der Waals surface area contributed by atoms with E-state index < -0.39 is 5.54 Å². The van der Waals surface area contributed by atoms with Gasteiger partial charge in [0.1, 0.15) is 5.82 Å². The highest BCUT2D eigenvalue weighted by molar-refractivity contribution is 9.10. The first kappa shape index (κ1) is 14.7. The molecule has 1 aromatic rings. The molecular formula is C15H19BrFNO. The molecule has 0 aromatic heterocycles. The van der Waals surface area contributed by atoms with Crippen LogP contribution in [0.25, 0.3) is 0 Å². The van der Waals surface area contributed by atoms with E-state index in [0.29, 0.717) is 4.47 Å². The molecule has 0 atom stereocenters. The van der Waals surface area contributed by atoms with Gasteiger partial charge in [-0.1, -0.05) is 15.9 Å². The number of benzene rings is 1. The fraction of sp³-hybridized carbons (Fsp3) is 0.533. The number of Topliss-reactive ketones (excluding diaryl/α,β-unsaturated/α-hetero) is 1. The van der Waals surface area contributed by atoms with Crippen molar-refractivity contribution in [2.75, 3.05) is 13.1 Å². The summed E-state index contributed by atoms with van der Waals surface area (Å²) in [5, 5.41) is 0. The number of hydrogen-bond acceptors (Lipinski definition) is 2. The van der Waals surface area contributed by atoms with Crippen LogP contribution in [-0.2, 0) is 11.2 Å². The molecule has 0 N–H and O–H groups in total. The van der Waals surface area contributed by atoms with Crippen molar-refractivity contribution in [1.82, 2.24) is 4.90 Å². The molecule has 4 heteroatoms. The minimum Gasteiger partial charge on any atom is -0.297 e. The molecule has 1 aromatic carbocycles.